The quantitative estimate of drug-likeness (QED) is 0.589. The number of non-ortho nitro benzene ring substituents is 1. The van der Waals surface area contributed by atoms with Crippen molar-refractivity contribution in [1.29, 1.82) is 0 Å². The maximum atomic E-state index is 13.1. The summed E-state index contributed by atoms with van der Waals surface area (Å²) in [5, 5.41) is 11.3. The zero-order valence-corrected chi connectivity index (χ0v) is 15.6. The first-order valence-corrected chi connectivity index (χ1v) is 10.1. The van der Waals surface area contributed by atoms with Gasteiger partial charge in [0.15, 0.2) is 0 Å². The number of carbonyl (C=O) groups is 1. The summed E-state index contributed by atoms with van der Waals surface area (Å²) in [6.07, 6.45) is 3.36. The van der Waals surface area contributed by atoms with Crippen molar-refractivity contribution in [2.45, 2.75) is 25.3 Å². The average molecular weight is 384 g/mol. The Hall–Kier alpha value is -1.31. The Morgan fingerprint density at radius 1 is 1.28 bits per heavy atom. The van der Waals surface area contributed by atoms with E-state index < -0.39 is 4.92 Å². The zero-order chi connectivity index (χ0) is 17.8. The molecule has 25 heavy (non-hydrogen) atoms. The molecule has 3 rings (SSSR count). The minimum absolute atomic E-state index is 0.104. The Morgan fingerprint density at radius 2 is 2.04 bits per heavy atom. The maximum absolute atomic E-state index is 13.1. The van der Waals surface area contributed by atoms with Crippen LogP contribution in [0.4, 0.5) is 5.69 Å². The summed E-state index contributed by atoms with van der Waals surface area (Å²) in [6, 6.07) is 4.19. The lowest BCUT2D eigenvalue weighted by atomic mass is 10.1. The molecule has 1 unspecified atom stereocenters. The van der Waals surface area contributed by atoms with E-state index in [4.69, 9.17) is 11.6 Å². The molecular weight excluding hydrogens is 362 g/mol. The lowest BCUT2D eigenvalue weighted by Crippen LogP contribution is -2.47. The van der Waals surface area contributed by atoms with Gasteiger partial charge in [-0.15, -0.1) is 0 Å². The molecule has 2 aliphatic rings. The van der Waals surface area contributed by atoms with E-state index in [-0.39, 0.29) is 28.2 Å². The summed E-state index contributed by atoms with van der Waals surface area (Å²) in [4.78, 5) is 28.0. The minimum atomic E-state index is -0.493. The fraction of sp³-hybridized carbons (Fsp3) is 0.588. The first-order chi connectivity index (χ1) is 12.1. The fourth-order valence-corrected chi connectivity index (χ4v) is 4.71. The Labute approximate surface area is 156 Å². The van der Waals surface area contributed by atoms with Gasteiger partial charge >= 0.3 is 0 Å². The molecule has 1 amide bonds. The van der Waals surface area contributed by atoms with E-state index in [2.05, 4.69) is 4.90 Å². The molecule has 8 heteroatoms. The largest absolute Gasteiger partial charge is 0.333 e. The smallest absolute Gasteiger partial charge is 0.270 e. The Balaban J connectivity index is 1.83. The number of nitro groups is 1. The van der Waals surface area contributed by atoms with Crippen LogP contribution in [0.1, 0.15) is 29.6 Å². The van der Waals surface area contributed by atoms with E-state index >= 15 is 0 Å². The first kappa shape index (κ1) is 18.5. The van der Waals surface area contributed by atoms with Gasteiger partial charge in [0, 0.05) is 31.0 Å². The van der Waals surface area contributed by atoms with Crippen LogP contribution in [0.15, 0.2) is 18.2 Å². The molecule has 136 valence electrons. The molecule has 0 saturated carbocycles. The van der Waals surface area contributed by atoms with Crippen LogP contribution < -0.4 is 0 Å². The van der Waals surface area contributed by atoms with E-state index in [1.54, 1.807) is 0 Å². The number of benzene rings is 1. The monoisotopic (exact) mass is 383 g/mol. The van der Waals surface area contributed by atoms with Crippen molar-refractivity contribution in [2.75, 3.05) is 37.7 Å². The highest BCUT2D eigenvalue weighted by Crippen LogP contribution is 2.27. The number of likely N-dealkylation sites (tertiary alicyclic amines) is 1. The number of nitro benzene ring substituents is 1. The van der Waals surface area contributed by atoms with Crippen molar-refractivity contribution in [2.24, 2.45) is 0 Å². The van der Waals surface area contributed by atoms with Crippen LogP contribution >= 0.6 is 23.4 Å². The normalized spacial score (nSPS) is 22.0. The second kappa shape index (κ2) is 8.38. The minimum Gasteiger partial charge on any atom is -0.333 e. The molecule has 1 atom stereocenters. The van der Waals surface area contributed by atoms with Gasteiger partial charge in [-0.25, -0.2) is 0 Å². The van der Waals surface area contributed by atoms with E-state index in [0.29, 0.717) is 6.54 Å². The summed E-state index contributed by atoms with van der Waals surface area (Å²) >= 11 is 8.06. The average Bonchev–Trinajstić information content (AvgIpc) is 2.99. The number of amides is 1. The molecule has 2 fully saturated rings. The van der Waals surface area contributed by atoms with Crippen LogP contribution in [-0.2, 0) is 0 Å². The van der Waals surface area contributed by atoms with Gasteiger partial charge in [-0.05, 0) is 44.2 Å². The van der Waals surface area contributed by atoms with E-state index in [1.165, 1.54) is 31.0 Å². The van der Waals surface area contributed by atoms with Crippen molar-refractivity contribution in [1.82, 2.24) is 9.80 Å². The van der Waals surface area contributed by atoms with E-state index in [0.717, 1.165) is 37.6 Å². The number of hydrogen-bond donors (Lipinski definition) is 0. The molecule has 2 heterocycles. The molecule has 1 aromatic carbocycles. The number of hydrogen-bond acceptors (Lipinski definition) is 5. The van der Waals surface area contributed by atoms with Crippen molar-refractivity contribution in [3.05, 3.63) is 38.9 Å². The van der Waals surface area contributed by atoms with E-state index in [9.17, 15) is 14.9 Å². The van der Waals surface area contributed by atoms with Crippen LogP contribution in [0.3, 0.4) is 0 Å². The summed E-state index contributed by atoms with van der Waals surface area (Å²) < 4.78 is 0. The molecule has 6 nitrogen and oxygen atoms in total. The van der Waals surface area contributed by atoms with Crippen molar-refractivity contribution >= 4 is 35.0 Å². The first-order valence-electron chi connectivity index (χ1n) is 8.61. The van der Waals surface area contributed by atoms with Crippen LogP contribution in [0.5, 0.6) is 0 Å². The Morgan fingerprint density at radius 3 is 2.76 bits per heavy atom. The zero-order valence-electron chi connectivity index (χ0n) is 14.0. The SMILES string of the molecule is O=C(c1cc([N+](=O)[O-])ccc1Cl)N1CCCSCC1CN1CCCC1. The predicted octanol–water partition coefficient (Wildman–Crippen LogP) is 3.29. The molecule has 1 aromatic rings. The topological polar surface area (TPSA) is 66.7 Å². The third-order valence-corrected chi connectivity index (χ3v) is 6.29. The number of halogens is 1. The van der Waals surface area contributed by atoms with Crippen LogP contribution in [0.25, 0.3) is 0 Å². The highest BCUT2D eigenvalue weighted by atomic mass is 35.5. The summed E-state index contributed by atoms with van der Waals surface area (Å²) in [7, 11) is 0. The fourth-order valence-electron chi connectivity index (χ4n) is 3.46. The summed E-state index contributed by atoms with van der Waals surface area (Å²) in [6.45, 7) is 3.70. The molecule has 2 saturated heterocycles. The molecule has 0 aromatic heterocycles. The van der Waals surface area contributed by atoms with Crippen molar-refractivity contribution in [3.8, 4) is 0 Å². The standard InChI is InChI=1S/C17H22ClN3O3S/c18-16-5-4-13(21(23)24)10-15(16)17(22)20-8-3-9-25-12-14(20)11-19-6-1-2-7-19/h4-5,10,14H,1-3,6-9,11-12H2. The van der Waals surface area contributed by atoms with E-state index in [1.807, 2.05) is 16.7 Å². The van der Waals surface area contributed by atoms with Gasteiger partial charge in [-0.1, -0.05) is 11.6 Å². The van der Waals surface area contributed by atoms with Gasteiger partial charge in [0.2, 0.25) is 0 Å². The van der Waals surface area contributed by atoms with Crippen molar-refractivity contribution < 1.29 is 9.72 Å². The van der Waals surface area contributed by atoms with Gasteiger partial charge in [0.25, 0.3) is 11.6 Å². The van der Waals surface area contributed by atoms with Gasteiger partial charge in [-0.2, -0.15) is 11.8 Å². The van der Waals surface area contributed by atoms with Gasteiger partial charge in [0.05, 0.1) is 21.6 Å². The lowest BCUT2D eigenvalue weighted by Gasteiger charge is -2.33. The van der Waals surface area contributed by atoms with Crippen LogP contribution in [0.2, 0.25) is 5.02 Å². The van der Waals surface area contributed by atoms with Crippen LogP contribution in [0, 0.1) is 10.1 Å². The second-order valence-electron chi connectivity index (χ2n) is 6.51. The summed E-state index contributed by atoms with van der Waals surface area (Å²) in [5.74, 6) is 1.73. The predicted molar refractivity (Wildman–Crippen MR) is 101 cm³/mol. The Kier molecular flexibility index (Phi) is 6.19. The third-order valence-electron chi connectivity index (χ3n) is 4.76. The number of rotatable bonds is 4. The van der Waals surface area contributed by atoms with Crippen molar-refractivity contribution in [3.63, 3.8) is 0 Å². The molecule has 2 aliphatic heterocycles. The second-order valence-corrected chi connectivity index (χ2v) is 8.07. The third kappa shape index (κ3) is 4.46. The highest BCUT2D eigenvalue weighted by Gasteiger charge is 2.30. The van der Waals surface area contributed by atoms with Crippen LogP contribution in [-0.4, -0.2) is 64.4 Å². The lowest BCUT2D eigenvalue weighted by molar-refractivity contribution is -0.384. The maximum Gasteiger partial charge on any atom is 0.270 e. The Bertz CT molecular complexity index is 652. The molecule has 0 radical (unpaired) electrons. The van der Waals surface area contributed by atoms with Gasteiger partial charge in [-0.3, -0.25) is 14.9 Å². The molecule has 0 aliphatic carbocycles. The molecule has 0 N–H and O–H groups in total. The molecular formula is C17H22ClN3O3S. The van der Waals surface area contributed by atoms with Gasteiger partial charge < -0.3 is 9.80 Å². The summed E-state index contributed by atoms with van der Waals surface area (Å²) in [5.41, 5.74) is 0.127. The highest BCUT2D eigenvalue weighted by molar-refractivity contribution is 7.99. The number of thioether (sulfide) groups is 1. The molecule has 0 bridgehead atoms. The van der Waals surface area contributed by atoms with Gasteiger partial charge in [0.1, 0.15) is 0 Å². The number of nitrogens with zero attached hydrogens (tertiary/aromatic N) is 3. The molecule has 0 spiro atoms. The number of carbonyl (C=O) groups excluding carboxylic acids is 1.